The second-order valence-corrected chi connectivity index (χ2v) is 7.68. The van der Waals surface area contributed by atoms with Gasteiger partial charge in [-0.25, -0.2) is 0 Å². The van der Waals surface area contributed by atoms with E-state index in [0.29, 0.717) is 5.92 Å². The number of aliphatic imine (C=N–C) groups is 1. The lowest BCUT2D eigenvalue weighted by molar-refractivity contribution is 0.187. The van der Waals surface area contributed by atoms with E-state index in [1.165, 1.54) is 5.69 Å². The largest absolute Gasteiger partial charge is 0.469 e. The summed E-state index contributed by atoms with van der Waals surface area (Å²) in [5.41, 5.74) is 1.23. The van der Waals surface area contributed by atoms with Crippen LogP contribution in [-0.2, 0) is 24.8 Å². The highest BCUT2D eigenvalue weighted by molar-refractivity contribution is 9.10. The Morgan fingerprint density at radius 2 is 2.38 bits per heavy atom. The van der Waals surface area contributed by atoms with Gasteiger partial charge in [-0.2, -0.15) is 0 Å². The standard InChI is InChI=1S/C19H27BrN4O2/c1-23-12-16(20)10-17(23)13-24(2)19(22-11-15-6-9-25-14-15)21-7-5-18-4-3-8-26-18/h3-4,8,10,12,15H,5-7,9,11,13-14H2,1-2H3,(H,21,22). The van der Waals surface area contributed by atoms with E-state index in [1.54, 1.807) is 6.26 Å². The van der Waals surface area contributed by atoms with E-state index in [1.807, 2.05) is 12.1 Å². The number of halogens is 1. The molecule has 1 saturated heterocycles. The topological polar surface area (TPSA) is 54.9 Å². The molecule has 0 spiro atoms. The Kier molecular flexibility index (Phi) is 6.80. The molecular weight excluding hydrogens is 396 g/mol. The number of furan rings is 1. The van der Waals surface area contributed by atoms with Gasteiger partial charge in [-0.15, -0.1) is 0 Å². The van der Waals surface area contributed by atoms with Gasteiger partial charge in [0.25, 0.3) is 0 Å². The smallest absolute Gasteiger partial charge is 0.194 e. The number of aryl methyl sites for hydroxylation is 1. The van der Waals surface area contributed by atoms with Crippen molar-refractivity contribution < 1.29 is 9.15 Å². The van der Waals surface area contributed by atoms with E-state index < -0.39 is 0 Å². The van der Waals surface area contributed by atoms with Crippen LogP contribution in [-0.4, -0.2) is 48.8 Å². The molecule has 0 radical (unpaired) electrons. The molecule has 6 nitrogen and oxygen atoms in total. The van der Waals surface area contributed by atoms with Gasteiger partial charge in [0.05, 0.1) is 19.4 Å². The Morgan fingerprint density at radius 3 is 3.04 bits per heavy atom. The van der Waals surface area contributed by atoms with Crippen molar-refractivity contribution in [3.8, 4) is 0 Å². The summed E-state index contributed by atoms with van der Waals surface area (Å²) in [5, 5.41) is 3.48. The van der Waals surface area contributed by atoms with Crippen molar-refractivity contribution in [2.24, 2.45) is 18.0 Å². The molecule has 142 valence electrons. The summed E-state index contributed by atoms with van der Waals surface area (Å²) in [6.45, 7) is 4.04. The normalized spacial score (nSPS) is 17.7. The summed E-state index contributed by atoms with van der Waals surface area (Å²) in [6, 6.07) is 6.06. The van der Waals surface area contributed by atoms with E-state index in [4.69, 9.17) is 14.1 Å². The van der Waals surface area contributed by atoms with Crippen molar-refractivity contribution in [3.63, 3.8) is 0 Å². The van der Waals surface area contributed by atoms with Crippen LogP contribution in [0.1, 0.15) is 17.9 Å². The maximum Gasteiger partial charge on any atom is 0.194 e. The Morgan fingerprint density at radius 1 is 1.50 bits per heavy atom. The molecule has 1 unspecified atom stereocenters. The Balaban J connectivity index is 1.61. The molecule has 0 aromatic carbocycles. The predicted octanol–water partition coefficient (Wildman–Crippen LogP) is 3.04. The van der Waals surface area contributed by atoms with Gasteiger partial charge < -0.3 is 23.9 Å². The quantitative estimate of drug-likeness (QED) is 0.550. The number of nitrogens with one attached hydrogen (secondary N) is 1. The maximum absolute atomic E-state index is 5.47. The minimum atomic E-state index is 0.523. The number of hydrogen-bond donors (Lipinski definition) is 1. The second kappa shape index (κ2) is 9.28. The SMILES string of the molecule is CN(Cc1cc(Br)cn1C)C(=NCC1CCOC1)NCCc1ccco1. The van der Waals surface area contributed by atoms with Gasteiger partial charge in [-0.05, 0) is 40.5 Å². The molecule has 2 aromatic heterocycles. The van der Waals surface area contributed by atoms with Gasteiger partial charge in [0, 0.05) is 62.5 Å². The molecule has 3 heterocycles. The first kappa shape index (κ1) is 19.0. The Bertz CT molecular complexity index is 705. The zero-order chi connectivity index (χ0) is 18.4. The minimum Gasteiger partial charge on any atom is -0.469 e. The molecule has 0 amide bonds. The summed E-state index contributed by atoms with van der Waals surface area (Å²) in [5.74, 6) is 2.42. The van der Waals surface area contributed by atoms with Crippen molar-refractivity contribution >= 4 is 21.9 Å². The number of guanidine groups is 1. The molecule has 0 saturated carbocycles. The predicted molar refractivity (Wildman–Crippen MR) is 106 cm³/mol. The summed E-state index contributed by atoms with van der Waals surface area (Å²) in [4.78, 5) is 7.02. The second-order valence-electron chi connectivity index (χ2n) is 6.77. The van der Waals surface area contributed by atoms with Crippen LogP contribution in [0.5, 0.6) is 0 Å². The molecule has 3 rings (SSSR count). The molecule has 1 aliphatic heterocycles. The van der Waals surface area contributed by atoms with Gasteiger partial charge in [-0.1, -0.05) is 0 Å². The average Bonchev–Trinajstić information content (AvgIpc) is 3.34. The van der Waals surface area contributed by atoms with Crippen LogP contribution in [0.4, 0.5) is 0 Å². The van der Waals surface area contributed by atoms with Crippen LogP contribution in [0.2, 0.25) is 0 Å². The van der Waals surface area contributed by atoms with Crippen LogP contribution in [0, 0.1) is 5.92 Å². The lowest BCUT2D eigenvalue weighted by atomic mass is 10.1. The van der Waals surface area contributed by atoms with Gasteiger partial charge in [0.1, 0.15) is 5.76 Å². The van der Waals surface area contributed by atoms with E-state index in [2.05, 4.69) is 57.1 Å². The third kappa shape index (κ3) is 5.38. The summed E-state index contributed by atoms with van der Waals surface area (Å²) < 4.78 is 14.1. The van der Waals surface area contributed by atoms with Gasteiger partial charge >= 0.3 is 0 Å². The molecule has 26 heavy (non-hydrogen) atoms. The fourth-order valence-electron chi connectivity index (χ4n) is 3.05. The molecule has 1 fully saturated rings. The zero-order valence-corrected chi connectivity index (χ0v) is 17.0. The first-order valence-electron chi connectivity index (χ1n) is 9.02. The minimum absolute atomic E-state index is 0.523. The van der Waals surface area contributed by atoms with Crippen LogP contribution >= 0.6 is 15.9 Å². The molecule has 0 aliphatic carbocycles. The number of rotatable bonds is 7. The number of aromatic nitrogens is 1. The third-order valence-electron chi connectivity index (χ3n) is 4.59. The van der Waals surface area contributed by atoms with E-state index >= 15 is 0 Å². The lowest BCUT2D eigenvalue weighted by Gasteiger charge is -2.23. The van der Waals surface area contributed by atoms with Crippen molar-refractivity contribution in [2.75, 3.05) is 33.4 Å². The van der Waals surface area contributed by atoms with Gasteiger partial charge in [0.15, 0.2) is 5.96 Å². The van der Waals surface area contributed by atoms with Crippen molar-refractivity contribution in [1.29, 1.82) is 0 Å². The first-order chi connectivity index (χ1) is 12.6. The highest BCUT2D eigenvalue weighted by Gasteiger charge is 2.16. The van der Waals surface area contributed by atoms with Crippen LogP contribution in [0.25, 0.3) is 0 Å². The number of hydrogen-bond acceptors (Lipinski definition) is 3. The molecule has 2 aromatic rings. The van der Waals surface area contributed by atoms with Crippen LogP contribution < -0.4 is 5.32 Å². The Hall–Kier alpha value is -1.73. The zero-order valence-electron chi connectivity index (χ0n) is 15.4. The lowest BCUT2D eigenvalue weighted by Crippen LogP contribution is -2.40. The van der Waals surface area contributed by atoms with Crippen molar-refractivity contribution in [2.45, 2.75) is 19.4 Å². The van der Waals surface area contributed by atoms with E-state index in [9.17, 15) is 0 Å². The summed E-state index contributed by atoms with van der Waals surface area (Å²) >= 11 is 3.54. The molecule has 1 N–H and O–H groups in total. The fraction of sp³-hybridized carbons (Fsp3) is 0.526. The number of ether oxygens (including phenoxy) is 1. The Labute approximate surface area is 163 Å². The highest BCUT2D eigenvalue weighted by Crippen LogP contribution is 2.16. The molecule has 1 atom stereocenters. The monoisotopic (exact) mass is 422 g/mol. The van der Waals surface area contributed by atoms with Gasteiger partial charge in [-0.3, -0.25) is 4.99 Å². The summed E-state index contributed by atoms with van der Waals surface area (Å²) in [6.07, 6.45) is 5.71. The summed E-state index contributed by atoms with van der Waals surface area (Å²) in [7, 11) is 4.13. The maximum atomic E-state index is 5.47. The third-order valence-corrected chi connectivity index (χ3v) is 5.03. The molecule has 1 aliphatic rings. The molecule has 0 bridgehead atoms. The van der Waals surface area contributed by atoms with Gasteiger partial charge in [0.2, 0.25) is 0 Å². The molecule has 7 heteroatoms. The first-order valence-corrected chi connectivity index (χ1v) is 9.81. The molecular formula is C19H27BrN4O2. The average molecular weight is 423 g/mol. The van der Waals surface area contributed by atoms with Crippen molar-refractivity contribution in [1.82, 2.24) is 14.8 Å². The van der Waals surface area contributed by atoms with E-state index in [-0.39, 0.29) is 0 Å². The van der Waals surface area contributed by atoms with E-state index in [0.717, 1.165) is 61.9 Å². The van der Waals surface area contributed by atoms with Crippen molar-refractivity contribution in [3.05, 3.63) is 46.6 Å². The van der Waals surface area contributed by atoms with Crippen LogP contribution in [0.3, 0.4) is 0 Å². The fourth-order valence-corrected chi connectivity index (χ4v) is 3.62. The van der Waals surface area contributed by atoms with Crippen LogP contribution in [0.15, 0.2) is 44.5 Å². The number of nitrogens with zero attached hydrogens (tertiary/aromatic N) is 3. The highest BCUT2D eigenvalue weighted by atomic mass is 79.9.